The van der Waals surface area contributed by atoms with Gasteiger partial charge in [-0.25, -0.2) is 4.79 Å². The van der Waals surface area contributed by atoms with E-state index in [9.17, 15) is 4.79 Å². The van der Waals surface area contributed by atoms with Gasteiger partial charge in [0.2, 0.25) is 0 Å². The summed E-state index contributed by atoms with van der Waals surface area (Å²) < 4.78 is 6.34. The van der Waals surface area contributed by atoms with Crippen LogP contribution in [0.15, 0.2) is 12.7 Å². The molecule has 35 rings (SSSR count). The fraction of sp³-hybridized carbons (Fsp3) is 0.103. The van der Waals surface area contributed by atoms with E-state index in [0.29, 0.717) is 6.61 Å². The van der Waals surface area contributed by atoms with Gasteiger partial charge < -0.3 is 4.74 Å². The molecule has 0 saturated carbocycles. The summed E-state index contributed by atoms with van der Waals surface area (Å²) in [4.78, 5) is 19.5. The zero-order valence-corrected chi connectivity index (χ0v) is 36.9. The van der Waals surface area contributed by atoms with Crippen molar-refractivity contribution >= 4 is 297 Å². The van der Waals surface area contributed by atoms with Crippen molar-refractivity contribution in [2.24, 2.45) is 0 Å². The van der Waals surface area contributed by atoms with E-state index in [4.69, 9.17) is 4.74 Å². The van der Waals surface area contributed by atoms with E-state index in [-0.39, 0.29) is 12.0 Å². The lowest BCUT2D eigenvalue weighted by Crippen LogP contribution is -2.81. The van der Waals surface area contributed by atoms with Gasteiger partial charge in [-0.2, -0.15) is 0 Å². The first-order chi connectivity index (χ1) is 35.8. The van der Waals surface area contributed by atoms with Gasteiger partial charge in [-0.3, -0.25) is 9.80 Å². The van der Waals surface area contributed by atoms with Gasteiger partial charge >= 0.3 is 5.97 Å². The van der Waals surface area contributed by atoms with Gasteiger partial charge in [0.25, 0.3) is 0 Å². The quantitative estimate of drug-likeness (QED) is 0.101. The van der Waals surface area contributed by atoms with Crippen molar-refractivity contribution in [3.63, 3.8) is 0 Å². The molecule has 2 spiro atoms. The van der Waals surface area contributed by atoms with Crippen molar-refractivity contribution in [3.05, 3.63) is 34.9 Å². The molecule has 0 N–H and O–H groups in total. The van der Waals surface area contributed by atoms with E-state index in [2.05, 4.69) is 16.4 Å². The summed E-state index contributed by atoms with van der Waals surface area (Å²) in [5, 5.41) is 87.9. The molecule has 0 aromatic heterocycles. The number of carbonyl (C=O) groups excluding carboxylic acids is 1. The lowest BCUT2D eigenvalue weighted by molar-refractivity contribution is -0.175. The molecule has 2 bridgehead atoms. The number of fused-ring (bicyclic) bond motifs is 2. The van der Waals surface area contributed by atoms with E-state index in [0.717, 1.165) is 19.6 Å². The molecule has 3 atom stereocenters. The van der Waals surface area contributed by atoms with E-state index >= 15 is 0 Å². The molecule has 2 unspecified atom stereocenters. The maximum atomic E-state index is 13.3. The molecule has 4 nitrogen and oxygen atoms in total. The first-order valence-electron chi connectivity index (χ1n) is 26.9. The lowest BCUT2D eigenvalue weighted by atomic mass is 9.53. The van der Waals surface area contributed by atoms with Gasteiger partial charge in [-0.1, -0.05) is 6.58 Å². The summed E-state index contributed by atoms with van der Waals surface area (Å²) in [6, 6.07) is 0.0393. The smallest absolute Gasteiger partial charge is 0.330 e. The third-order valence-electron chi connectivity index (χ3n) is 26.2. The molecule has 4 heteroatoms. The molecule has 0 radical (unpaired) electrons. The van der Waals surface area contributed by atoms with Crippen LogP contribution in [0.4, 0.5) is 0 Å². The third kappa shape index (κ3) is 1.44. The van der Waals surface area contributed by atoms with E-state index in [1.807, 2.05) is 0 Å². The van der Waals surface area contributed by atoms with Gasteiger partial charge in [0.1, 0.15) is 17.7 Å². The minimum atomic E-state index is -0.500. The summed E-state index contributed by atoms with van der Waals surface area (Å²) >= 11 is 0. The van der Waals surface area contributed by atoms with Crippen molar-refractivity contribution in [1.82, 2.24) is 9.80 Å². The average Bonchev–Trinajstić information content (AvgIpc) is 4.32. The zero-order valence-electron chi connectivity index (χ0n) is 36.9. The Morgan fingerprint density at radius 3 is 0.778 bits per heavy atom. The molecule has 28 aromatic rings. The Morgan fingerprint density at radius 2 is 0.556 bits per heavy atom. The van der Waals surface area contributed by atoms with Crippen LogP contribution in [0.3, 0.4) is 0 Å². The molecule has 306 valence electrons. The monoisotopic (exact) mass is 888 g/mol. The van der Waals surface area contributed by atoms with Crippen molar-refractivity contribution in [2.45, 2.75) is 17.1 Å². The van der Waals surface area contributed by atoms with E-state index in [1.165, 1.54) is 6.08 Å². The molecule has 0 amide bonds. The van der Waals surface area contributed by atoms with Crippen molar-refractivity contribution in [3.8, 4) is 0 Å². The van der Waals surface area contributed by atoms with Gasteiger partial charge in [0.05, 0.1) is 6.04 Å². The number of hydrogen-bond donors (Lipinski definition) is 0. The average molecular weight is 889 g/mol. The van der Waals surface area contributed by atoms with Gasteiger partial charge in [0, 0.05) is 25.7 Å². The van der Waals surface area contributed by atoms with Crippen LogP contribution >= 0.6 is 0 Å². The predicted molar refractivity (Wildman–Crippen MR) is 297 cm³/mol. The SMILES string of the molecule is C=CC(=O)OC[C@@H]1CN2CCN1C13c4c5c6c7c8c9c(c%10c%11c1c1c4c4c%12c5c5c6c6c8c8c%13c9c9c%10c%10c%11c%11c1c1c4c4c%12c%12c5c5c6c8c6c8c%13c9c9c%10c%10c%11c1c1c4c4c%12c5c6c5c8c9c%10c1c45)C723. The highest BCUT2D eigenvalue weighted by atomic mass is 16.5. The molecule has 7 aliphatic rings. The Bertz CT molecular complexity index is 7150. The molecule has 3 aliphatic heterocycles. The van der Waals surface area contributed by atoms with Crippen molar-refractivity contribution in [2.75, 3.05) is 26.2 Å². The Morgan fingerprint density at radius 1 is 0.347 bits per heavy atom. The Balaban J connectivity index is 1.13. The summed E-state index contributed by atoms with van der Waals surface area (Å²) in [5.41, 5.74) is 5.74. The number of ether oxygens (including phenoxy) is 1. The Kier molecular flexibility index (Phi) is 2.35. The highest BCUT2D eigenvalue weighted by Gasteiger charge is 2.77. The van der Waals surface area contributed by atoms with Crippen LogP contribution < -0.4 is 0 Å². The minimum absolute atomic E-state index is 0.0393. The highest BCUT2D eigenvalue weighted by Crippen LogP contribution is 2.86. The second-order valence-electron chi connectivity index (χ2n) is 26.3. The second kappa shape index (κ2) is 6.21. The summed E-state index contributed by atoms with van der Waals surface area (Å²) in [5.74, 6) is -0.305. The molecular formula is C68H12N2O2. The van der Waals surface area contributed by atoms with Crippen LogP contribution in [0.25, 0.3) is 291 Å². The molecule has 4 aliphatic carbocycles. The highest BCUT2D eigenvalue weighted by molar-refractivity contribution is 6.82. The topological polar surface area (TPSA) is 32.8 Å². The number of rotatable bonds is 3. The molecule has 28 aromatic carbocycles. The van der Waals surface area contributed by atoms with Gasteiger partial charge in [-0.15, -0.1) is 0 Å². The molecular weight excluding hydrogens is 877 g/mol. The normalized spacial score (nSPS) is 26.0. The Hall–Kier alpha value is -8.41. The second-order valence-corrected chi connectivity index (χ2v) is 26.3. The molecule has 3 saturated heterocycles. The zero-order chi connectivity index (χ0) is 43.0. The van der Waals surface area contributed by atoms with Gasteiger partial charge in [0.15, 0.2) is 0 Å². The fourth-order valence-corrected chi connectivity index (χ4v) is 26.2. The molecule has 3 heterocycles. The van der Waals surface area contributed by atoms with E-state index < -0.39 is 11.1 Å². The summed E-state index contributed by atoms with van der Waals surface area (Å²) in [6.07, 6.45) is 1.38. The van der Waals surface area contributed by atoms with Crippen LogP contribution in [0, 0.1) is 0 Å². The maximum Gasteiger partial charge on any atom is 0.330 e. The fourth-order valence-electron chi connectivity index (χ4n) is 26.2. The molecule has 72 heavy (non-hydrogen) atoms. The van der Waals surface area contributed by atoms with Crippen LogP contribution in [0.2, 0.25) is 0 Å². The lowest BCUT2D eigenvalue weighted by Gasteiger charge is -2.71. The van der Waals surface area contributed by atoms with Crippen LogP contribution in [0.1, 0.15) is 22.3 Å². The predicted octanol–water partition coefficient (Wildman–Crippen LogP) is 15.9. The first kappa shape index (κ1) is 27.3. The number of nitrogens with zero attached hydrogens (tertiary/aromatic N) is 2. The Labute approximate surface area is 392 Å². The maximum absolute atomic E-state index is 13.3. The number of piperazine rings is 3. The van der Waals surface area contributed by atoms with Crippen molar-refractivity contribution in [1.29, 1.82) is 0 Å². The number of hydrogen-bond acceptors (Lipinski definition) is 4. The third-order valence-corrected chi connectivity index (χ3v) is 26.2. The minimum Gasteiger partial charge on any atom is -0.461 e. The van der Waals surface area contributed by atoms with Crippen LogP contribution in [0.5, 0.6) is 0 Å². The first-order valence-corrected chi connectivity index (χ1v) is 26.9. The standard InChI is InChI=1S/C68H12N2O2/c1-2-8(71)72-6-7-5-69-3-4-70(7)68-65-59-53-43-35-25-17-13-10-9-11-15(17)23-31(25)45(53)51-41-33(23)27-19(11)20-12(9)16-18-14(10)22-21(13)29(35)39-40-30(22)36-26(18)32-24(16)34-28(20)38-37(27)47(41)55-56-48(38)42(34)52-46(32)54-44(36)50(40)62(61(65)49(39)43)66(68)60(54)58(52)64(56)67(68,69)63(55)57(51)59/h2,7H,1,3-6H2/t7-,67?,68?/m0/s1. The van der Waals surface area contributed by atoms with E-state index in [1.54, 1.807) is 313 Å². The number of carbonyl (C=O) groups is 1. The summed E-state index contributed by atoms with van der Waals surface area (Å²) in [6.45, 7) is 7.11. The van der Waals surface area contributed by atoms with Crippen LogP contribution in [-0.4, -0.2) is 48.1 Å². The van der Waals surface area contributed by atoms with Gasteiger partial charge in [-0.05, 0) is 313 Å². The number of esters is 1. The van der Waals surface area contributed by atoms with Crippen molar-refractivity contribution < 1.29 is 9.53 Å². The van der Waals surface area contributed by atoms with Crippen LogP contribution in [-0.2, 0) is 20.6 Å². The number of benzene rings is 18. The summed E-state index contributed by atoms with van der Waals surface area (Å²) in [7, 11) is 0. The molecule has 3 fully saturated rings. The largest absolute Gasteiger partial charge is 0.461 e.